The summed E-state index contributed by atoms with van der Waals surface area (Å²) in [5.41, 5.74) is -0.755. The van der Waals surface area contributed by atoms with E-state index in [1.54, 1.807) is 6.07 Å². The van der Waals surface area contributed by atoms with Gasteiger partial charge in [-0.2, -0.15) is 26.3 Å². The van der Waals surface area contributed by atoms with Gasteiger partial charge in [-0.15, -0.1) is 26.3 Å². The first kappa shape index (κ1) is 60.9. The molecule has 0 atom stereocenters. The normalized spacial score (nSPS) is 15.8. The van der Waals surface area contributed by atoms with Gasteiger partial charge in [0.25, 0.3) is 0 Å². The molecular formula is C52H48F12N6O9S3. The summed E-state index contributed by atoms with van der Waals surface area (Å²) in [7, 11) is -11.9. The highest BCUT2D eigenvalue weighted by atomic mass is 32.2. The molecule has 442 valence electrons. The number of hydrogen-bond donors (Lipinski definition) is 4. The number of nitrogens with zero attached hydrogens (tertiary/aromatic N) is 2. The van der Waals surface area contributed by atoms with Gasteiger partial charge in [-0.25, -0.2) is 25.3 Å². The lowest BCUT2D eigenvalue weighted by Crippen LogP contribution is -2.32. The maximum absolute atomic E-state index is 14.3. The standard InChI is InChI=1S/C52H48F12N6O9S3/c1-80(71,72)37-10-12-42(46(27-37)78-51(59,60)61)65-20-4-6-36-26-40-45(70(36)31-50(56,57)58)14-9-32(48(40)68-33-15-21-77-22-16-33)29-82(75,76)38-11-13-43(47(28-38)79-52(62,63)64)66-19-3-5-35-25-39-41(67-34-17-23-81(73,74)24-18-34)7-2-8-44(39)69(35)30-49(53,54)55/h2,7-14,25-28,33-34,65-68H,15-24,29-31H2,1H3. The van der Waals surface area contributed by atoms with Crippen molar-refractivity contribution in [2.75, 3.05) is 65.3 Å². The smallest absolute Gasteiger partial charge is 0.404 e. The minimum absolute atomic E-state index is 0.0298. The van der Waals surface area contributed by atoms with Crippen LogP contribution in [0.25, 0.3) is 21.8 Å². The van der Waals surface area contributed by atoms with Crippen molar-refractivity contribution in [2.24, 2.45) is 0 Å². The van der Waals surface area contributed by atoms with Crippen LogP contribution in [0, 0.1) is 23.7 Å². The van der Waals surface area contributed by atoms with Crippen LogP contribution in [0.5, 0.6) is 11.5 Å². The number of anilines is 4. The predicted octanol–water partition coefficient (Wildman–Crippen LogP) is 10.4. The summed E-state index contributed by atoms with van der Waals surface area (Å²) in [5.74, 6) is 7.23. The molecule has 2 fully saturated rings. The second kappa shape index (κ2) is 23.6. The van der Waals surface area contributed by atoms with Crippen LogP contribution in [-0.4, -0.2) is 116 Å². The second-order valence-corrected chi connectivity index (χ2v) is 25.4. The van der Waals surface area contributed by atoms with E-state index in [1.807, 2.05) is 0 Å². The predicted molar refractivity (Wildman–Crippen MR) is 280 cm³/mol. The molecule has 0 amide bonds. The Morgan fingerprint density at radius 1 is 0.610 bits per heavy atom. The highest BCUT2D eigenvalue weighted by molar-refractivity contribution is 7.91. The van der Waals surface area contributed by atoms with Gasteiger partial charge in [0.05, 0.1) is 73.9 Å². The van der Waals surface area contributed by atoms with Crippen LogP contribution in [0.4, 0.5) is 75.4 Å². The molecule has 0 spiro atoms. The van der Waals surface area contributed by atoms with Crippen molar-refractivity contribution in [3.63, 3.8) is 0 Å². The third kappa shape index (κ3) is 16.1. The van der Waals surface area contributed by atoms with Crippen LogP contribution in [0.3, 0.4) is 0 Å². The summed E-state index contributed by atoms with van der Waals surface area (Å²) in [5, 5.41) is 11.9. The molecule has 2 aliphatic heterocycles. The van der Waals surface area contributed by atoms with Gasteiger partial charge in [0.1, 0.15) is 22.9 Å². The van der Waals surface area contributed by atoms with E-state index in [0.717, 1.165) is 39.7 Å². The Balaban J connectivity index is 1.08. The zero-order valence-corrected chi connectivity index (χ0v) is 45.1. The lowest BCUT2D eigenvalue weighted by atomic mass is 10.1. The Kier molecular flexibility index (Phi) is 17.5. The van der Waals surface area contributed by atoms with Crippen molar-refractivity contribution >= 4 is 74.1 Å². The van der Waals surface area contributed by atoms with Gasteiger partial charge in [-0.1, -0.05) is 24.0 Å². The van der Waals surface area contributed by atoms with E-state index < -0.39 is 120 Å². The van der Waals surface area contributed by atoms with E-state index in [4.69, 9.17) is 4.74 Å². The lowest BCUT2D eigenvalue weighted by molar-refractivity contribution is -0.275. The number of benzene rings is 4. The number of rotatable bonds is 16. The summed E-state index contributed by atoms with van der Waals surface area (Å²) in [6, 6.07) is 13.9. The van der Waals surface area contributed by atoms with E-state index in [2.05, 4.69) is 54.4 Å². The van der Waals surface area contributed by atoms with Gasteiger partial charge in [0.2, 0.25) is 0 Å². The average Bonchev–Trinajstić information content (AvgIpc) is 2.85. The molecule has 0 bridgehead atoms. The van der Waals surface area contributed by atoms with Crippen molar-refractivity contribution in [1.82, 2.24) is 9.13 Å². The molecule has 0 aliphatic carbocycles. The molecule has 4 aromatic carbocycles. The Morgan fingerprint density at radius 3 is 1.63 bits per heavy atom. The summed E-state index contributed by atoms with van der Waals surface area (Å²) in [6.45, 7) is -3.61. The molecule has 0 saturated carbocycles. The van der Waals surface area contributed by atoms with Crippen LogP contribution < -0.4 is 30.7 Å². The number of nitrogens with one attached hydrogen (secondary N) is 4. The maximum Gasteiger partial charge on any atom is 0.573 e. The van der Waals surface area contributed by atoms with Crippen LogP contribution >= 0.6 is 0 Å². The Labute approximate surface area is 461 Å². The van der Waals surface area contributed by atoms with Gasteiger partial charge in [-0.3, -0.25) is 0 Å². The molecule has 0 unspecified atom stereocenters. The number of hydrogen-bond acceptors (Lipinski definition) is 13. The molecule has 2 saturated heterocycles. The fraction of sp³-hybridized carbons (Fsp3) is 0.385. The monoisotopic (exact) mass is 1220 g/mol. The molecule has 4 heterocycles. The minimum atomic E-state index is -5.39. The van der Waals surface area contributed by atoms with Crippen molar-refractivity contribution in [1.29, 1.82) is 0 Å². The van der Waals surface area contributed by atoms with Crippen molar-refractivity contribution in [3.8, 4) is 35.2 Å². The summed E-state index contributed by atoms with van der Waals surface area (Å²) in [6.07, 6.45) is -18.2. The lowest BCUT2D eigenvalue weighted by Gasteiger charge is -2.26. The first-order valence-corrected chi connectivity index (χ1v) is 30.0. The molecule has 6 aromatic rings. The fourth-order valence-electron chi connectivity index (χ4n) is 9.26. The Hall–Kier alpha value is -7.15. The quantitative estimate of drug-likeness (QED) is 0.0530. The SMILES string of the molecule is CS(=O)(=O)c1ccc(NCC#Cc2cc3c(NC4CCOCC4)c(CS(=O)(=O)c4ccc(NCC#Cc5cc6c(NC7CCS(=O)(=O)CC7)cccc6n5CC(F)(F)F)c(OC(F)(F)F)c4)ccc3n2CC(F)(F)F)c(OC(F)(F)F)c1. The van der Waals surface area contributed by atoms with Crippen molar-refractivity contribution in [2.45, 2.75) is 91.5 Å². The molecule has 2 aliphatic rings. The van der Waals surface area contributed by atoms with E-state index >= 15 is 0 Å². The van der Waals surface area contributed by atoms with Crippen LogP contribution in [0.15, 0.2) is 88.7 Å². The average molecular weight is 1230 g/mol. The first-order valence-electron chi connectivity index (χ1n) is 24.6. The zero-order valence-electron chi connectivity index (χ0n) is 42.7. The van der Waals surface area contributed by atoms with E-state index in [-0.39, 0.29) is 88.3 Å². The highest BCUT2D eigenvalue weighted by Gasteiger charge is 2.36. The van der Waals surface area contributed by atoms with Crippen LogP contribution in [0.2, 0.25) is 0 Å². The molecule has 30 heteroatoms. The topological polar surface area (TPSA) is 188 Å². The van der Waals surface area contributed by atoms with Gasteiger partial charge in [0.15, 0.2) is 31.2 Å². The summed E-state index contributed by atoms with van der Waals surface area (Å²) >= 11 is 0. The molecule has 15 nitrogen and oxygen atoms in total. The fourth-order valence-corrected chi connectivity index (χ4v) is 12.8. The number of fused-ring (bicyclic) bond motifs is 2. The molecule has 8 rings (SSSR count). The van der Waals surface area contributed by atoms with Gasteiger partial charge < -0.3 is 44.6 Å². The third-order valence-corrected chi connectivity index (χ3v) is 17.4. The second-order valence-electron chi connectivity index (χ2n) is 19.1. The van der Waals surface area contributed by atoms with Crippen LogP contribution in [-0.2, 0) is 53.1 Å². The summed E-state index contributed by atoms with van der Waals surface area (Å²) < 4.78 is 258. The molecule has 4 N–H and O–H groups in total. The van der Waals surface area contributed by atoms with Gasteiger partial charge >= 0.3 is 25.1 Å². The third-order valence-electron chi connectivity index (χ3n) is 12.9. The van der Waals surface area contributed by atoms with E-state index in [1.165, 1.54) is 36.4 Å². The highest BCUT2D eigenvalue weighted by Crippen LogP contribution is 2.39. The summed E-state index contributed by atoms with van der Waals surface area (Å²) in [4.78, 5) is -1.20. The maximum atomic E-state index is 14.3. The number of sulfone groups is 3. The Morgan fingerprint density at radius 2 is 1.11 bits per heavy atom. The number of aromatic nitrogens is 2. The Bertz CT molecular complexity index is 3840. The first-order chi connectivity index (χ1) is 38.2. The molecule has 82 heavy (non-hydrogen) atoms. The van der Waals surface area contributed by atoms with E-state index in [9.17, 15) is 77.9 Å². The zero-order chi connectivity index (χ0) is 59.6. The number of ether oxygens (including phenoxy) is 3. The van der Waals surface area contributed by atoms with Gasteiger partial charge in [0, 0.05) is 65.8 Å². The largest absolute Gasteiger partial charge is 0.573 e. The van der Waals surface area contributed by atoms with E-state index in [0.29, 0.717) is 36.0 Å². The van der Waals surface area contributed by atoms with Crippen molar-refractivity contribution < 1.29 is 92.1 Å². The number of alkyl halides is 12. The van der Waals surface area contributed by atoms with Crippen molar-refractivity contribution in [3.05, 3.63) is 95.8 Å². The molecule has 2 aromatic heterocycles. The minimum Gasteiger partial charge on any atom is -0.404 e. The molecular weight excluding hydrogens is 1180 g/mol. The van der Waals surface area contributed by atoms with Crippen LogP contribution in [0.1, 0.15) is 42.6 Å². The number of halogens is 12. The van der Waals surface area contributed by atoms with Gasteiger partial charge in [-0.05, 0) is 97.7 Å². The molecule has 0 radical (unpaired) electrons.